The van der Waals surface area contributed by atoms with Crippen LogP contribution in [0.2, 0.25) is 0 Å². The SMILES string of the molecule is COc1ccc(NC(=O)N2c3ccc(C)cc3C3CN(C)CCC32)cn1. The predicted octanol–water partition coefficient (Wildman–Crippen LogP) is 3.24. The molecule has 2 unspecified atom stereocenters. The molecule has 1 saturated heterocycles. The monoisotopic (exact) mass is 352 g/mol. The Balaban J connectivity index is 1.63. The zero-order valence-corrected chi connectivity index (χ0v) is 15.4. The number of pyridine rings is 1. The van der Waals surface area contributed by atoms with Gasteiger partial charge in [-0.1, -0.05) is 17.7 Å². The van der Waals surface area contributed by atoms with Gasteiger partial charge in [0.25, 0.3) is 0 Å². The second-order valence-electron chi connectivity index (χ2n) is 7.18. The Kier molecular flexibility index (Phi) is 4.28. The molecule has 2 aliphatic heterocycles. The number of aromatic nitrogens is 1. The number of likely N-dealkylation sites (tertiary alicyclic amines) is 1. The number of methoxy groups -OCH3 is 1. The highest BCUT2D eigenvalue weighted by molar-refractivity contribution is 6.04. The van der Waals surface area contributed by atoms with Gasteiger partial charge in [0.2, 0.25) is 5.88 Å². The van der Waals surface area contributed by atoms with Crippen LogP contribution in [0, 0.1) is 6.92 Å². The highest BCUT2D eigenvalue weighted by atomic mass is 16.5. The molecular formula is C20H24N4O2. The molecule has 2 aliphatic rings. The van der Waals surface area contributed by atoms with Gasteiger partial charge in [-0.25, -0.2) is 9.78 Å². The van der Waals surface area contributed by atoms with Gasteiger partial charge in [0, 0.05) is 30.3 Å². The van der Waals surface area contributed by atoms with Gasteiger partial charge in [-0.15, -0.1) is 0 Å². The van der Waals surface area contributed by atoms with Crippen LogP contribution in [0.1, 0.15) is 23.5 Å². The van der Waals surface area contributed by atoms with Crippen molar-refractivity contribution in [2.75, 3.05) is 37.5 Å². The van der Waals surface area contributed by atoms with Crippen LogP contribution >= 0.6 is 0 Å². The van der Waals surface area contributed by atoms with Gasteiger partial charge in [-0.3, -0.25) is 4.90 Å². The Labute approximate surface area is 153 Å². The number of nitrogens with zero attached hydrogens (tertiary/aromatic N) is 3. The van der Waals surface area contributed by atoms with E-state index in [0.717, 1.165) is 25.2 Å². The summed E-state index contributed by atoms with van der Waals surface area (Å²) in [6, 6.07) is 10.0. The van der Waals surface area contributed by atoms with Crippen molar-refractivity contribution in [3.63, 3.8) is 0 Å². The second-order valence-corrected chi connectivity index (χ2v) is 7.18. The van der Waals surface area contributed by atoms with Crippen molar-refractivity contribution in [1.29, 1.82) is 0 Å². The molecule has 0 spiro atoms. The van der Waals surface area contributed by atoms with E-state index in [4.69, 9.17) is 4.74 Å². The number of urea groups is 1. The van der Waals surface area contributed by atoms with Crippen LogP contribution in [-0.2, 0) is 0 Å². The topological polar surface area (TPSA) is 57.7 Å². The second kappa shape index (κ2) is 6.61. The Morgan fingerprint density at radius 1 is 1.31 bits per heavy atom. The smallest absolute Gasteiger partial charge is 0.326 e. The number of aryl methyl sites for hydroxylation is 1. The van der Waals surface area contributed by atoms with Gasteiger partial charge in [-0.2, -0.15) is 0 Å². The summed E-state index contributed by atoms with van der Waals surface area (Å²) < 4.78 is 5.07. The number of ether oxygens (including phenoxy) is 1. The Bertz CT molecular complexity index is 821. The van der Waals surface area contributed by atoms with E-state index in [0.29, 0.717) is 17.5 Å². The van der Waals surface area contributed by atoms with E-state index >= 15 is 0 Å². The normalized spacial score (nSPS) is 21.9. The summed E-state index contributed by atoms with van der Waals surface area (Å²) in [6.07, 6.45) is 2.60. The van der Waals surface area contributed by atoms with E-state index in [1.807, 2.05) is 11.0 Å². The molecule has 2 amide bonds. The summed E-state index contributed by atoms with van der Waals surface area (Å²) in [6.45, 7) is 4.09. The third kappa shape index (κ3) is 2.90. The van der Waals surface area contributed by atoms with Crippen molar-refractivity contribution in [1.82, 2.24) is 9.88 Å². The molecule has 1 aromatic carbocycles. The molecular weight excluding hydrogens is 328 g/mol. The lowest BCUT2D eigenvalue weighted by atomic mass is 9.89. The van der Waals surface area contributed by atoms with Crippen molar-refractivity contribution < 1.29 is 9.53 Å². The van der Waals surface area contributed by atoms with Gasteiger partial charge in [0.1, 0.15) is 0 Å². The molecule has 26 heavy (non-hydrogen) atoms. The fraction of sp³-hybridized carbons (Fsp3) is 0.400. The summed E-state index contributed by atoms with van der Waals surface area (Å²) in [5, 5.41) is 2.99. The number of fused-ring (bicyclic) bond motifs is 3. The minimum absolute atomic E-state index is 0.0980. The number of likely N-dealkylation sites (N-methyl/N-ethyl adjacent to an activating group) is 1. The molecule has 6 nitrogen and oxygen atoms in total. The Morgan fingerprint density at radius 3 is 2.88 bits per heavy atom. The molecule has 1 fully saturated rings. The van der Waals surface area contributed by atoms with E-state index in [1.165, 1.54) is 11.1 Å². The molecule has 6 heteroatoms. The number of piperidine rings is 1. The molecule has 0 bridgehead atoms. The number of carbonyl (C=O) groups is 1. The van der Waals surface area contributed by atoms with E-state index in [1.54, 1.807) is 19.4 Å². The van der Waals surface area contributed by atoms with Crippen LogP contribution < -0.4 is 15.0 Å². The summed E-state index contributed by atoms with van der Waals surface area (Å²) in [4.78, 5) is 21.5. The number of amides is 2. The van der Waals surface area contributed by atoms with Crippen molar-refractivity contribution in [2.45, 2.75) is 25.3 Å². The average Bonchev–Trinajstić information content (AvgIpc) is 2.95. The number of anilines is 2. The van der Waals surface area contributed by atoms with Gasteiger partial charge in [-0.05, 0) is 44.6 Å². The van der Waals surface area contributed by atoms with E-state index in [2.05, 4.69) is 47.4 Å². The molecule has 0 aliphatic carbocycles. The average molecular weight is 352 g/mol. The van der Waals surface area contributed by atoms with Gasteiger partial charge in [0.05, 0.1) is 19.0 Å². The van der Waals surface area contributed by atoms with Crippen molar-refractivity contribution in [2.24, 2.45) is 0 Å². The number of benzene rings is 1. The first-order chi connectivity index (χ1) is 12.6. The fourth-order valence-electron chi connectivity index (χ4n) is 4.10. The minimum atomic E-state index is -0.0980. The number of rotatable bonds is 2. The van der Waals surface area contributed by atoms with Crippen LogP contribution in [0.5, 0.6) is 5.88 Å². The van der Waals surface area contributed by atoms with E-state index in [9.17, 15) is 4.79 Å². The third-order valence-electron chi connectivity index (χ3n) is 5.37. The highest BCUT2D eigenvalue weighted by Crippen LogP contribution is 2.45. The molecule has 0 radical (unpaired) electrons. The first-order valence-corrected chi connectivity index (χ1v) is 8.96. The quantitative estimate of drug-likeness (QED) is 0.901. The molecule has 4 rings (SSSR count). The maximum absolute atomic E-state index is 13.1. The molecule has 1 N–H and O–H groups in total. The van der Waals surface area contributed by atoms with Crippen LogP contribution in [0.3, 0.4) is 0 Å². The number of carbonyl (C=O) groups excluding carboxylic acids is 1. The minimum Gasteiger partial charge on any atom is -0.481 e. The van der Waals surface area contributed by atoms with Crippen LogP contribution in [-0.4, -0.2) is 49.2 Å². The standard InChI is InChI=1S/C20H24N4O2/c1-13-4-6-17-15(10-13)16-12-23(2)9-8-18(16)24(17)20(25)22-14-5-7-19(26-3)21-11-14/h4-7,10-11,16,18H,8-9,12H2,1-3H3,(H,22,25). The van der Waals surface area contributed by atoms with Gasteiger partial charge >= 0.3 is 6.03 Å². The maximum Gasteiger partial charge on any atom is 0.326 e. The van der Waals surface area contributed by atoms with Crippen LogP contribution in [0.25, 0.3) is 0 Å². The molecule has 3 heterocycles. The maximum atomic E-state index is 13.1. The molecule has 0 saturated carbocycles. The number of hydrogen-bond acceptors (Lipinski definition) is 4. The lowest BCUT2D eigenvalue weighted by molar-refractivity contribution is 0.224. The zero-order valence-electron chi connectivity index (χ0n) is 15.4. The fourth-order valence-corrected chi connectivity index (χ4v) is 4.10. The predicted molar refractivity (Wildman–Crippen MR) is 102 cm³/mol. The molecule has 2 atom stereocenters. The van der Waals surface area contributed by atoms with Gasteiger partial charge in [0.15, 0.2) is 0 Å². The molecule has 136 valence electrons. The largest absolute Gasteiger partial charge is 0.481 e. The Hall–Kier alpha value is -2.60. The first kappa shape index (κ1) is 16.8. The summed E-state index contributed by atoms with van der Waals surface area (Å²) in [5.41, 5.74) is 4.21. The van der Waals surface area contributed by atoms with Crippen LogP contribution in [0.4, 0.5) is 16.2 Å². The molecule has 2 aromatic rings. The van der Waals surface area contributed by atoms with Crippen molar-refractivity contribution in [3.05, 3.63) is 47.7 Å². The van der Waals surface area contributed by atoms with Crippen LogP contribution in [0.15, 0.2) is 36.5 Å². The lowest BCUT2D eigenvalue weighted by Gasteiger charge is -2.36. The molecule has 1 aromatic heterocycles. The summed E-state index contributed by atoms with van der Waals surface area (Å²) in [7, 11) is 3.72. The lowest BCUT2D eigenvalue weighted by Crippen LogP contribution is -2.48. The highest BCUT2D eigenvalue weighted by Gasteiger charge is 2.43. The third-order valence-corrected chi connectivity index (χ3v) is 5.37. The summed E-state index contributed by atoms with van der Waals surface area (Å²) >= 11 is 0. The van der Waals surface area contributed by atoms with Crippen molar-refractivity contribution >= 4 is 17.4 Å². The van der Waals surface area contributed by atoms with E-state index in [-0.39, 0.29) is 12.1 Å². The number of nitrogens with one attached hydrogen (secondary N) is 1. The first-order valence-electron chi connectivity index (χ1n) is 8.96. The Morgan fingerprint density at radius 2 is 2.15 bits per heavy atom. The zero-order chi connectivity index (χ0) is 18.3. The van der Waals surface area contributed by atoms with Crippen molar-refractivity contribution in [3.8, 4) is 5.88 Å². The summed E-state index contributed by atoms with van der Waals surface area (Å²) in [5.74, 6) is 0.892. The number of hydrogen-bond donors (Lipinski definition) is 1. The van der Waals surface area contributed by atoms with Gasteiger partial charge < -0.3 is 15.0 Å². The van der Waals surface area contributed by atoms with E-state index < -0.39 is 0 Å².